The summed E-state index contributed by atoms with van der Waals surface area (Å²) in [5.74, 6) is 1.99. The summed E-state index contributed by atoms with van der Waals surface area (Å²) in [6.45, 7) is 5.14. The highest BCUT2D eigenvalue weighted by molar-refractivity contribution is 6.66. The minimum atomic E-state index is -1.55. The van der Waals surface area contributed by atoms with E-state index < -0.39 is 6.75 Å². The summed E-state index contributed by atoms with van der Waals surface area (Å²) in [4.78, 5) is 0. The van der Waals surface area contributed by atoms with E-state index in [0.717, 1.165) is 32.7 Å². The Morgan fingerprint density at radius 1 is 1.12 bits per heavy atom. The number of allylic oxidation sites excluding steroid dienone is 1. The summed E-state index contributed by atoms with van der Waals surface area (Å²) in [7, 11) is 0. The van der Waals surface area contributed by atoms with Gasteiger partial charge in [-0.15, -0.1) is 6.08 Å². The number of hydrogen-bond acceptors (Lipinski definition) is 3. The van der Waals surface area contributed by atoms with Gasteiger partial charge >= 0.3 is 6.75 Å². The molecule has 3 aliphatic heterocycles. The highest BCUT2D eigenvalue weighted by Gasteiger charge is 2.45. The zero-order valence-corrected chi connectivity index (χ0v) is 10.4. The fourth-order valence-corrected chi connectivity index (χ4v) is 2.21. The van der Waals surface area contributed by atoms with Crippen LogP contribution in [-0.2, 0) is 14.0 Å². The van der Waals surface area contributed by atoms with Gasteiger partial charge in [0.25, 0.3) is 0 Å². The molecule has 0 aliphatic carbocycles. The van der Waals surface area contributed by atoms with Crippen molar-refractivity contribution in [1.29, 1.82) is 0 Å². The molecule has 4 heteroatoms. The van der Waals surface area contributed by atoms with E-state index in [1.807, 2.05) is 5.98 Å². The molecule has 0 amide bonds. The second-order valence-electron chi connectivity index (χ2n) is 5.05. The monoisotopic (exact) mass is 225 g/mol. The Labute approximate surface area is 98.2 Å². The van der Waals surface area contributed by atoms with Crippen molar-refractivity contribution in [2.24, 2.45) is 5.41 Å². The van der Waals surface area contributed by atoms with E-state index in [1.54, 1.807) is 0 Å². The Hall–Kier alpha value is -0.315. The summed E-state index contributed by atoms with van der Waals surface area (Å²) in [6, 6.07) is 0. The standard InChI is InChI=1S/C12H22BO3/c1-3-5-6-7-8-13-14-9-12(4-2,10-15-13)11-16-13/h7-8H,3-6,9-11H2,1-2H3/q-1/b8-7+. The van der Waals surface area contributed by atoms with E-state index in [-0.39, 0.29) is 5.41 Å². The minimum Gasteiger partial charge on any atom is -0.540 e. The third-order valence-electron chi connectivity index (χ3n) is 3.71. The zero-order valence-electron chi connectivity index (χ0n) is 10.4. The second-order valence-corrected chi connectivity index (χ2v) is 5.05. The third kappa shape index (κ3) is 2.34. The Morgan fingerprint density at radius 3 is 2.25 bits per heavy atom. The van der Waals surface area contributed by atoms with Crippen molar-refractivity contribution in [2.75, 3.05) is 19.8 Å². The number of fused-ring (bicyclic) bond motifs is 3. The minimum absolute atomic E-state index is 0.112. The van der Waals surface area contributed by atoms with Gasteiger partial charge in [0.1, 0.15) is 0 Å². The fourth-order valence-electron chi connectivity index (χ4n) is 2.21. The second kappa shape index (κ2) is 4.90. The lowest BCUT2D eigenvalue weighted by molar-refractivity contribution is -0.130. The van der Waals surface area contributed by atoms with Gasteiger partial charge in [0.05, 0.1) is 0 Å². The molecule has 0 saturated carbocycles. The summed E-state index contributed by atoms with van der Waals surface area (Å²) < 4.78 is 17.3. The molecule has 0 aromatic rings. The highest BCUT2D eigenvalue weighted by Crippen LogP contribution is 2.38. The van der Waals surface area contributed by atoms with Crippen LogP contribution in [0.3, 0.4) is 0 Å². The molecule has 0 atom stereocenters. The molecule has 3 nitrogen and oxygen atoms in total. The SMILES string of the molecule is CCCC/C=C/[B-]12OCC(CC)(CO1)CO2. The smallest absolute Gasteiger partial charge is 0.402 e. The average molecular weight is 225 g/mol. The normalized spacial score (nSPS) is 38.4. The van der Waals surface area contributed by atoms with Crippen LogP contribution in [0.4, 0.5) is 0 Å². The summed E-state index contributed by atoms with van der Waals surface area (Å²) >= 11 is 0. The molecule has 0 aromatic carbocycles. The molecule has 3 saturated heterocycles. The van der Waals surface area contributed by atoms with Crippen molar-refractivity contribution in [1.82, 2.24) is 0 Å². The first-order chi connectivity index (χ1) is 7.74. The third-order valence-corrected chi connectivity index (χ3v) is 3.71. The fraction of sp³-hybridized carbons (Fsp3) is 0.833. The van der Waals surface area contributed by atoms with E-state index in [1.165, 1.54) is 12.8 Å². The van der Waals surface area contributed by atoms with Crippen molar-refractivity contribution in [2.45, 2.75) is 39.5 Å². The molecule has 16 heavy (non-hydrogen) atoms. The van der Waals surface area contributed by atoms with Gasteiger partial charge in [0.15, 0.2) is 0 Å². The van der Waals surface area contributed by atoms with Crippen LogP contribution in [0.5, 0.6) is 0 Å². The average Bonchev–Trinajstić information content (AvgIpc) is 2.37. The number of hydrogen-bond donors (Lipinski definition) is 0. The van der Waals surface area contributed by atoms with Crippen molar-refractivity contribution in [3.8, 4) is 0 Å². The van der Waals surface area contributed by atoms with E-state index in [4.69, 9.17) is 14.0 Å². The largest absolute Gasteiger partial charge is 0.540 e. The molecule has 0 aromatic heterocycles. The molecule has 3 rings (SSSR count). The molecule has 3 fully saturated rings. The van der Waals surface area contributed by atoms with Gasteiger partial charge < -0.3 is 14.0 Å². The van der Waals surface area contributed by atoms with Crippen LogP contribution in [0.2, 0.25) is 0 Å². The molecule has 0 N–H and O–H groups in total. The number of rotatable bonds is 5. The first kappa shape index (κ1) is 12.2. The van der Waals surface area contributed by atoms with E-state index in [9.17, 15) is 0 Å². The van der Waals surface area contributed by atoms with Crippen molar-refractivity contribution < 1.29 is 14.0 Å². The van der Waals surface area contributed by atoms with Crippen molar-refractivity contribution >= 4 is 6.75 Å². The Bertz CT molecular complexity index is 240. The van der Waals surface area contributed by atoms with Gasteiger partial charge in [0.2, 0.25) is 0 Å². The molecular weight excluding hydrogens is 203 g/mol. The van der Waals surface area contributed by atoms with Crippen LogP contribution in [0, 0.1) is 5.41 Å². The van der Waals surface area contributed by atoms with E-state index >= 15 is 0 Å². The topological polar surface area (TPSA) is 27.7 Å². The van der Waals surface area contributed by atoms with Gasteiger partial charge in [-0.3, -0.25) is 0 Å². The van der Waals surface area contributed by atoms with Crippen LogP contribution in [0.1, 0.15) is 39.5 Å². The Balaban J connectivity index is 1.90. The Kier molecular flexibility index (Phi) is 3.72. The molecule has 0 spiro atoms. The molecule has 3 aliphatic rings. The van der Waals surface area contributed by atoms with Crippen molar-refractivity contribution in [3.63, 3.8) is 0 Å². The molecular formula is C12H22BO3-. The first-order valence-corrected chi connectivity index (χ1v) is 6.48. The van der Waals surface area contributed by atoms with Gasteiger partial charge in [-0.2, -0.15) is 5.98 Å². The quantitative estimate of drug-likeness (QED) is 0.531. The van der Waals surface area contributed by atoms with Crippen LogP contribution >= 0.6 is 0 Å². The lowest BCUT2D eigenvalue weighted by atomic mass is 9.69. The Morgan fingerprint density at radius 2 is 1.75 bits per heavy atom. The molecule has 0 radical (unpaired) electrons. The lowest BCUT2D eigenvalue weighted by Crippen LogP contribution is -2.62. The van der Waals surface area contributed by atoms with E-state index in [0.29, 0.717) is 0 Å². The first-order valence-electron chi connectivity index (χ1n) is 6.48. The van der Waals surface area contributed by atoms with Gasteiger partial charge in [-0.05, 0) is 12.8 Å². The predicted molar refractivity (Wildman–Crippen MR) is 65.0 cm³/mol. The summed E-state index contributed by atoms with van der Waals surface area (Å²) in [6.07, 6.45) is 6.69. The molecule has 0 unspecified atom stereocenters. The van der Waals surface area contributed by atoms with Crippen LogP contribution in [0.15, 0.2) is 12.1 Å². The van der Waals surface area contributed by atoms with Crippen molar-refractivity contribution in [3.05, 3.63) is 12.1 Å². The maximum absolute atomic E-state index is 5.77. The molecule has 92 valence electrons. The predicted octanol–water partition coefficient (Wildman–Crippen LogP) is 2.68. The lowest BCUT2D eigenvalue weighted by Gasteiger charge is -2.58. The maximum Gasteiger partial charge on any atom is 0.402 e. The van der Waals surface area contributed by atoms with Gasteiger partial charge in [-0.1, -0.05) is 26.7 Å². The van der Waals surface area contributed by atoms with Crippen LogP contribution in [0.25, 0.3) is 0 Å². The van der Waals surface area contributed by atoms with Crippen LogP contribution < -0.4 is 0 Å². The van der Waals surface area contributed by atoms with Crippen LogP contribution in [-0.4, -0.2) is 26.6 Å². The summed E-state index contributed by atoms with van der Waals surface area (Å²) in [5.41, 5.74) is 0.112. The van der Waals surface area contributed by atoms with Gasteiger partial charge in [-0.25, -0.2) is 0 Å². The molecule has 2 bridgehead atoms. The zero-order chi connectivity index (χ0) is 11.5. The molecule has 3 heterocycles. The number of unbranched alkanes of at least 4 members (excludes halogenated alkanes) is 2. The van der Waals surface area contributed by atoms with E-state index in [2.05, 4.69) is 19.9 Å². The highest BCUT2D eigenvalue weighted by atomic mass is 16.8. The summed E-state index contributed by atoms with van der Waals surface area (Å²) in [5, 5.41) is 0. The maximum atomic E-state index is 5.77. The van der Waals surface area contributed by atoms with Gasteiger partial charge in [0, 0.05) is 25.2 Å².